The van der Waals surface area contributed by atoms with Gasteiger partial charge in [0.2, 0.25) is 0 Å². The van der Waals surface area contributed by atoms with Crippen molar-refractivity contribution in [2.75, 3.05) is 11.9 Å². The van der Waals surface area contributed by atoms with Gasteiger partial charge in [-0.3, -0.25) is 4.79 Å². The molecule has 0 aliphatic rings. The average Bonchev–Trinajstić information content (AvgIpc) is 2.56. The van der Waals surface area contributed by atoms with Crippen molar-refractivity contribution in [2.45, 2.75) is 6.92 Å². The van der Waals surface area contributed by atoms with Gasteiger partial charge in [-0.15, -0.1) is 0 Å². The van der Waals surface area contributed by atoms with Crippen LogP contribution >= 0.6 is 0 Å². The minimum atomic E-state index is -0.141. The van der Waals surface area contributed by atoms with Crippen LogP contribution < -0.4 is 10.1 Å². The summed E-state index contributed by atoms with van der Waals surface area (Å²) in [7, 11) is 0. The molecule has 0 heterocycles. The zero-order valence-electron chi connectivity index (χ0n) is 12.4. The summed E-state index contributed by atoms with van der Waals surface area (Å²) in [6, 6.07) is 21.1. The highest BCUT2D eigenvalue weighted by Gasteiger charge is 2.09. The first-order chi connectivity index (χ1) is 10.8. The van der Waals surface area contributed by atoms with Crippen LogP contribution in [0.3, 0.4) is 0 Å². The molecule has 0 unspecified atom stereocenters. The number of rotatable bonds is 4. The Bertz CT molecular complexity index is 806. The second kappa shape index (κ2) is 6.31. The third kappa shape index (κ3) is 2.93. The van der Waals surface area contributed by atoms with Crippen LogP contribution in [0, 0.1) is 0 Å². The highest BCUT2D eigenvalue weighted by molar-refractivity contribution is 6.09. The summed E-state index contributed by atoms with van der Waals surface area (Å²) in [5.74, 6) is 0.561. The van der Waals surface area contributed by atoms with Gasteiger partial charge in [-0.2, -0.15) is 0 Å². The number of amides is 1. The molecular formula is C19H17NO2. The van der Waals surface area contributed by atoms with E-state index in [0.717, 1.165) is 16.5 Å². The summed E-state index contributed by atoms with van der Waals surface area (Å²) in [5, 5.41) is 5.10. The van der Waals surface area contributed by atoms with E-state index in [9.17, 15) is 4.79 Å². The lowest BCUT2D eigenvalue weighted by molar-refractivity contribution is 0.102. The molecule has 0 aliphatic carbocycles. The molecule has 0 saturated carbocycles. The topological polar surface area (TPSA) is 38.3 Å². The van der Waals surface area contributed by atoms with Gasteiger partial charge in [-0.25, -0.2) is 0 Å². The van der Waals surface area contributed by atoms with E-state index in [4.69, 9.17) is 4.74 Å². The first-order valence-electron chi connectivity index (χ1n) is 7.30. The van der Waals surface area contributed by atoms with Gasteiger partial charge >= 0.3 is 0 Å². The van der Waals surface area contributed by atoms with Gasteiger partial charge in [-0.05, 0) is 36.6 Å². The molecule has 1 N–H and O–H groups in total. The van der Waals surface area contributed by atoms with Crippen LogP contribution in [0.15, 0.2) is 66.7 Å². The molecule has 0 aliphatic heterocycles. The van der Waals surface area contributed by atoms with Crippen molar-refractivity contribution in [3.05, 3.63) is 72.3 Å². The standard InChI is InChI=1S/C19H17NO2/c1-2-22-16-10-5-9-15(13-16)19(21)20-18-12-6-8-14-7-3-4-11-17(14)18/h3-13H,2H2,1H3,(H,20,21). The van der Waals surface area contributed by atoms with E-state index in [1.165, 1.54) is 0 Å². The lowest BCUT2D eigenvalue weighted by Gasteiger charge is -2.10. The molecule has 0 atom stereocenters. The predicted octanol–water partition coefficient (Wildman–Crippen LogP) is 4.49. The molecule has 0 spiro atoms. The van der Waals surface area contributed by atoms with Gasteiger partial charge in [0.05, 0.1) is 6.61 Å². The van der Waals surface area contributed by atoms with Crippen molar-refractivity contribution in [1.29, 1.82) is 0 Å². The smallest absolute Gasteiger partial charge is 0.255 e. The fraction of sp³-hybridized carbons (Fsp3) is 0.105. The molecule has 3 rings (SSSR count). The van der Waals surface area contributed by atoms with Crippen molar-refractivity contribution in [2.24, 2.45) is 0 Å². The van der Waals surface area contributed by atoms with Crippen molar-refractivity contribution < 1.29 is 9.53 Å². The first-order valence-corrected chi connectivity index (χ1v) is 7.30. The Morgan fingerprint density at radius 1 is 1.00 bits per heavy atom. The normalized spacial score (nSPS) is 10.4. The molecule has 1 amide bonds. The highest BCUT2D eigenvalue weighted by Crippen LogP contribution is 2.24. The van der Waals surface area contributed by atoms with Crippen LogP contribution in [0.4, 0.5) is 5.69 Å². The van der Waals surface area contributed by atoms with Crippen LogP contribution in [-0.4, -0.2) is 12.5 Å². The number of hydrogen-bond acceptors (Lipinski definition) is 2. The molecule has 110 valence electrons. The van der Waals surface area contributed by atoms with E-state index < -0.39 is 0 Å². The Hall–Kier alpha value is -2.81. The Morgan fingerprint density at radius 3 is 2.64 bits per heavy atom. The van der Waals surface area contributed by atoms with Crippen molar-refractivity contribution in [1.82, 2.24) is 0 Å². The molecule has 0 fully saturated rings. The maximum atomic E-state index is 12.4. The van der Waals surface area contributed by atoms with Gasteiger partial charge in [-0.1, -0.05) is 42.5 Å². The summed E-state index contributed by atoms with van der Waals surface area (Å²) >= 11 is 0. The quantitative estimate of drug-likeness (QED) is 0.769. The van der Waals surface area contributed by atoms with E-state index >= 15 is 0 Å². The lowest BCUT2D eigenvalue weighted by atomic mass is 10.1. The Kier molecular flexibility index (Phi) is 4.05. The third-order valence-corrected chi connectivity index (χ3v) is 3.45. The number of benzene rings is 3. The maximum Gasteiger partial charge on any atom is 0.255 e. The zero-order valence-corrected chi connectivity index (χ0v) is 12.4. The van der Waals surface area contributed by atoms with Gasteiger partial charge in [0.1, 0.15) is 5.75 Å². The summed E-state index contributed by atoms with van der Waals surface area (Å²) < 4.78 is 5.44. The Labute approximate surface area is 129 Å². The largest absolute Gasteiger partial charge is 0.494 e. The van der Waals surface area contributed by atoms with E-state index in [0.29, 0.717) is 17.9 Å². The van der Waals surface area contributed by atoms with Gasteiger partial charge in [0.25, 0.3) is 5.91 Å². The summed E-state index contributed by atoms with van der Waals surface area (Å²) in [4.78, 5) is 12.4. The first kappa shape index (κ1) is 14.1. The molecule has 22 heavy (non-hydrogen) atoms. The molecule has 0 aromatic heterocycles. The minimum absolute atomic E-state index is 0.141. The summed E-state index contributed by atoms with van der Waals surface area (Å²) in [5.41, 5.74) is 1.39. The zero-order chi connectivity index (χ0) is 15.4. The Morgan fingerprint density at radius 2 is 1.77 bits per heavy atom. The fourth-order valence-electron chi connectivity index (χ4n) is 2.42. The number of carbonyl (C=O) groups is 1. The van der Waals surface area contributed by atoms with Gasteiger partial charge < -0.3 is 10.1 Å². The maximum absolute atomic E-state index is 12.4. The number of ether oxygens (including phenoxy) is 1. The molecule has 0 saturated heterocycles. The van der Waals surface area contributed by atoms with Crippen LogP contribution in [0.1, 0.15) is 17.3 Å². The fourth-order valence-corrected chi connectivity index (χ4v) is 2.42. The molecule has 0 bridgehead atoms. The van der Waals surface area contributed by atoms with E-state index in [-0.39, 0.29) is 5.91 Å². The van der Waals surface area contributed by atoms with E-state index in [2.05, 4.69) is 5.32 Å². The Balaban J connectivity index is 1.88. The van der Waals surface area contributed by atoms with Gasteiger partial charge in [0, 0.05) is 16.6 Å². The molecule has 3 heteroatoms. The van der Waals surface area contributed by atoms with Crippen LogP contribution in [-0.2, 0) is 0 Å². The SMILES string of the molecule is CCOc1cccc(C(=O)Nc2cccc3ccccc23)c1. The summed E-state index contributed by atoms with van der Waals surface area (Å²) in [6.07, 6.45) is 0. The van der Waals surface area contributed by atoms with Crippen molar-refractivity contribution in [3.63, 3.8) is 0 Å². The van der Waals surface area contributed by atoms with Gasteiger partial charge in [0.15, 0.2) is 0 Å². The molecule has 0 radical (unpaired) electrons. The number of carbonyl (C=O) groups excluding carboxylic acids is 1. The molecule has 3 nitrogen and oxygen atoms in total. The van der Waals surface area contributed by atoms with Crippen molar-refractivity contribution in [3.8, 4) is 5.75 Å². The second-order valence-electron chi connectivity index (χ2n) is 4.94. The third-order valence-electron chi connectivity index (χ3n) is 3.45. The molecular weight excluding hydrogens is 274 g/mol. The minimum Gasteiger partial charge on any atom is -0.494 e. The van der Waals surface area contributed by atoms with Crippen LogP contribution in [0.25, 0.3) is 10.8 Å². The van der Waals surface area contributed by atoms with E-state index in [1.54, 1.807) is 12.1 Å². The average molecular weight is 291 g/mol. The van der Waals surface area contributed by atoms with Crippen molar-refractivity contribution >= 4 is 22.4 Å². The molecule has 3 aromatic carbocycles. The van der Waals surface area contributed by atoms with E-state index in [1.807, 2.05) is 61.5 Å². The molecule has 3 aromatic rings. The number of nitrogens with one attached hydrogen (secondary N) is 1. The second-order valence-corrected chi connectivity index (χ2v) is 4.94. The lowest BCUT2D eigenvalue weighted by Crippen LogP contribution is -2.12. The van der Waals surface area contributed by atoms with Crippen LogP contribution in [0.5, 0.6) is 5.75 Å². The number of hydrogen-bond donors (Lipinski definition) is 1. The highest BCUT2D eigenvalue weighted by atomic mass is 16.5. The number of anilines is 1. The summed E-state index contributed by atoms with van der Waals surface area (Å²) in [6.45, 7) is 2.50. The predicted molar refractivity (Wildman–Crippen MR) is 89.5 cm³/mol. The van der Waals surface area contributed by atoms with Crippen LogP contribution in [0.2, 0.25) is 0 Å². The monoisotopic (exact) mass is 291 g/mol. The number of fused-ring (bicyclic) bond motifs is 1.